The number of hydrogen-bond acceptors (Lipinski definition) is 2. The van der Waals surface area contributed by atoms with Gasteiger partial charge in [-0.2, -0.15) is 0 Å². The van der Waals surface area contributed by atoms with E-state index in [4.69, 9.17) is 0 Å². The van der Waals surface area contributed by atoms with Crippen molar-refractivity contribution < 1.29 is 0 Å². The Morgan fingerprint density at radius 1 is 1.15 bits per heavy atom. The molecular formula is C17H23BN2. The molecule has 1 aromatic carbocycles. The molecule has 1 fully saturated rings. The van der Waals surface area contributed by atoms with Crippen LogP contribution in [0.15, 0.2) is 66.7 Å². The third-order valence-electron chi connectivity index (χ3n) is 3.66. The van der Waals surface area contributed by atoms with Gasteiger partial charge in [-0.25, -0.2) is 0 Å². The van der Waals surface area contributed by atoms with Crippen LogP contribution in [0.25, 0.3) is 0 Å². The number of piperazine rings is 1. The molecule has 0 aliphatic carbocycles. The van der Waals surface area contributed by atoms with E-state index in [1.807, 2.05) is 13.0 Å². The number of para-hydroxylation sites is 1. The molecule has 0 unspecified atom stereocenters. The molecule has 0 aromatic heterocycles. The summed E-state index contributed by atoms with van der Waals surface area (Å²) >= 11 is 0. The zero-order valence-electron chi connectivity index (χ0n) is 12.3. The molecule has 2 nitrogen and oxygen atoms in total. The van der Waals surface area contributed by atoms with Crippen LogP contribution >= 0.6 is 0 Å². The molecule has 0 atom stereocenters. The molecule has 0 bridgehead atoms. The van der Waals surface area contributed by atoms with Gasteiger partial charge in [-0.1, -0.05) is 54.6 Å². The predicted molar refractivity (Wildman–Crippen MR) is 90.5 cm³/mol. The third kappa shape index (κ3) is 4.14. The number of anilines is 1. The molecule has 0 N–H and O–H groups in total. The van der Waals surface area contributed by atoms with Crippen LogP contribution < -0.4 is 4.90 Å². The van der Waals surface area contributed by atoms with Gasteiger partial charge in [0.25, 0.3) is 0 Å². The van der Waals surface area contributed by atoms with E-state index in [0.29, 0.717) is 0 Å². The lowest BCUT2D eigenvalue weighted by atomic mass is 9.78. The van der Waals surface area contributed by atoms with E-state index in [9.17, 15) is 0 Å². The van der Waals surface area contributed by atoms with Gasteiger partial charge in [0, 0.05) is 31.9 Å². The van der Waals surface area contributed by atoms with Crippen LogP contribution in [0.1, 0.15) is 6.92 Å². The van der Waals surface area contributed by atoms with Crippen molar-refractivity contribution in [2.45, 2.75) is 6.92 Å². The van der Waals surface area contributed by atoms with Crippen molar-refractivity contribution >= 4 is 13.1 Å². The average Bonchev–Trinajstić information content (AvgIpc) is 2.53. The van der Waals surface area contributed by atoms with E-state index in [1.165, 1.54) is 11.2 Å². The highest BCUT2D eigenvalue weighted by Gasteiger charge is 2.17. The van der Waals surface area contributed by atoms with Gasteiger partial charge in [0.05, 0.1) is 0 Å². The first kappa shape index (κ1) is 14.7. The van der Waals surface area contributed by atoms with Crippen molar-refractivity contribution in [3.8, 4) is 0 Å². The molecule has 0 radical (unpaired) electrons. The summed E-state index contributed by atoms with van der Waals surface area (Å²) in [6.45, 7) is 10.3. The molecule has 3 heteroatoms. The summed E-state index contributed by atoms with van der Waals surface area (Å²) in [6, 6.07) is 10.7. The van der Waals surface area contributed by atoms with Crippen molar-refractivity contribution in [3.05, 3.63) is 66.7 Å². The normalized spacial score (nSPS) is 17.4. The molecule has 1 heterocycles. The summed E-state index contributed by atoms with van der Waals surface area (Å²) in [6.07, 6.45) is 8.24. The highest BCUT2D eigenvalue weighted by Crippen LogP contribution is 2.15. The number of hydrogen-bond donors (Lipinski definition) is 0. The van der Waals surface area contributed by atoms with Gasteiger partial charge >= 0.3 is 0 Å². The van der Waals surface area contributed by atoms with Gasteiger partial charge in [-0.05, 0) is 19.1 Å². The number of benzene rings is 1. The van der Waals surface area contributed by atoms with E-state index in [1.54, 1.807) is 0 Å². The molecule has 0 amide bonds. The molecule has 2 rings (SSSR count). The lowest BCUT2D eigenvalue weighted by Gasteiger charge is -2.36. The molecule has 20 heavy (non-hydrogen) atoms. The number of nitrogens with zero attached hydrogens (tertiary/aromatic N) is 2. The molecule has 0 saturated carbocycles. The standard InChI is InChI=1S/C17H23BN2/c1-3-5-9-16(4-2)18-20-14-12-19(13-15-20)17-10-7-6-8-11-17/h3-11,18H,2,12-15H2,1H3/b5-3-,16-9+. The SMILES string of the molecule is C=C/C(BN1CCN(c2ccccc2)CC1)=C\C=C/C. The molecular weight excluding hydrogens is 243 g/mol. The van der Waals surface area contributed by atoms with Gasteiger partial charge in [0.1, 0.15) is 0 Å². The fourth-order valence-electron chi connectivity index (χ4n) is 2.47. The first-order valence-electron chi connectivity index (χ1n) is 7.30. The summed E-state index contributed by atoms with van der Waals surface area (Å²) in [5.74, 6) is 0. The highest BCUT2D eigenvalue weighted by atomic mass is 15.2. The Morgan fingerprint density at radius 2 is 1.85 bits per heavy atom. The molecule has 1 aromatic rings. The summed E-state index contributed by atoms with van der Waals surface area (Å²) in [5.41, 5.74) is 2.62. The minimum absolute atomic E-state index is 0.996. The van der Waals surface area contributed by atoms with Crippen LogP contribution in [0.3, 0.4) is 0 Å². The van der Waals surface area contributed by atoms with Gasteiger partial charge < -0.3 is 9.71 Å². The van der Waals surface area contributed by atoms with Crippen LogP contribution in [0.5, 0.6) is 0 Å². The minimum Gasteiger partial charge on any atom is -0.369 e. The summed E-state index contributed by atoms with van der Waals surface area (Å²) < 4.78 is 0. The zero-order valence-corrected chi connectivity index (χ0v) is 12.3. The van der Waals surface area contributed by atoms with E-state index in [2.05, 4.69) is 64.8 Å². The van der Waals surface area contributed by atoms with Crippen molar-refractivity contribution in [1.82, 2.24) is 4.81 Å². The van der Waals surface area contributed by atoms with Gasteiger partial charge in [0.15, 0.2) is 0 Å². The summed E-state index contributed by atoms with van der Waals surface area (Å²) in [4.78, 5) is 4.95. The Hall–Kier alpha value is -1.74. The van der Waals surface area contributed by atoms with E-state index in [-0.39, 0.29) is 0 Å². The second kappa shape index (κ2) is 7.76. The number of rotatable bonds is 5. The lowest BCUT2D eigenvalue weighted by molar-refractivity contribution is 0.409. The molecule has 1 saturated heterocycles. The van der Waals surface area contributed by atoms with Crippen molar-refractivity contribution in [1.29, 1.82) is 0 Å². The van der Waals surface area contributed by atoms with Gasteiger partial charge in [0.2, 0.25) is 7.41 Å². The molecule has 1 aliphatic heterocycles. The second-order valence-electron chi connectivity index (χ2n) is 5.07. The number of allylic oxidation sites excluding steroid dienone is 5. The van der Waals surface area contributed by atoms with Gasteiger partial charge in [-0.15, -0.1) is 0 Å². The Morgan fingerprint density at radius 3 is 2.45 bits per heavy atom. The Labute approximate surface area is 123 Å². The van der Waals surface area contributed by atoms with Crippen LogP contribution in [0, 0.1) is 0 Å². The second-order valence-corrected chi connectivity index (χ2v) is 5.07. The van der Waals surface area contributed by atoms with E-state index < -0.39 is 0 Å². The fraction of sp³-hybridized carbons (Fsp3) is 0.294. The van der Waals surface area contributed by atoms with Crippen molar-refractivity contribution in [2.24, 2.45) is 0 Å². The Balaban J connectivity index is 1.87. The predicted octanol–water partition coefficient (Wildman–Crippen LogP) is 2.81. The first-order valence-corrected chi connectivity index (χ1v) is 7.30. The Kier molecular flexibility index (Phi) is 5.69. The quantitative estimate of drug-likeness (QED) is 0.597. The molecule has 1 aliphatic rings. The lowest BCUT2D eigenvalue weighted by Crippen LogP contribution is -2.48. The Bertz CT molecular complexity index is 471. The topological polar surface area (TPSA) is 6.48 Å². The minimum atomic E-state index is 0.996. The molecule has 104 valence electrons. The van der Waals surface area contributed by atoms with Crippen LogP contribution in [0.2, 0.25) is 0 Å². The largest absolute Gasteiger partial charge is 0.369 e. The maximum Gasteiger partial charge on any atom is 0.238 e. The van der Waals surface area contributed by atoms with Crippen LogP contribution in [-0.4, -0.2) is 38.4 Å². The van der Waals surface area contributed by atoms with E-state index in [0.717, 1.165) is 33.6 Å². The highest BCUT2D eigenvalue weighted by molar-refractivity contribution is 6.43. The zero-order chi connectivity index (χ0) is 14.2. The van der Waals surface area contributed by atoms with Crippen molar-refractivity contribution in [3.63, 3.8) is 0 Å². The van der Waals surface area contributed by atoms with E-state index >= 15 is 0 Å². The van der Waals surface area contributed by atoms with Crippen LogP contribution in [0.4, 0.5) is 5.69 Å². The summed E-state index contributed by atoms with van der Waals surface area (Å²) in [5, 5.41) is 0. The maximum absolute atomic E-state index is 3.90. The third-order valence-corrected chi connectivity index (χ3v) is 3.66. The fourth-order valence-corrected chi connectivity index (χ4v) is 2.47. The maximum atomic E-state index is 3.90. The smallest absolute Gasteiger partial charge is 0.238 e. The van der Waals surface area contributed by atoms with Crippen molar-refractivity contribution in [2.75, 3.05) is 31.1 Å². The monoisotopic (exact) mass is 266 g/mol. The van der Waals surface area contributed by atoms with Gasteiger partial charge in [-0.3, -0.25) is 0 Å². The molecule has 0 spiro atoms. The van der Waals surface area contributed by atoms with Crippen LogP contribution in [-0.2, 0) is 0 Å². The average molecular weight is 266 g/mol. The first-order chi connectivity index (χ1) is 9.83. The summed E-state index contributed by atoms with van der Waals surface area (Å²) in [7, 11) is 0.996.